The molecule has 0 heterocycles. The predicted octanol–water partition coefficient (Wildman–Crippen LogP) is 0.667. The average Bonchev–Trinajstić information content (AvgIpc) is 1.38. The normalized spacial score (nSPS) is 19.0. The highest BCUT2D eigenvalue weighted by atomic mass is 127. The Labute approximate surface area is 38.5 Å². The molecule has 4 heavy (non-hydrogen) atoms. The van der Waals surface area contributed by atoms with Gasteiger partial charge in [0.1, 0.15) is 0 Å². The van der Waals surface area contributed by atoms with Crippen LogP contribution < -0.4 is 0 Å². The molecule has 3 heteroatoms. The number of aliphatic hydroxyl groups excluding tert-OH is 1. The van der Waals surface area contributed by atoms with Gasteiger partial charge in [-0.1, -0.05) is 0 Å². The number of rotatable bonds is 1. The van der Waals surface area contributed by atoms with E-state index in [0.717, 1.165) is 0 Å². The summed E-state index contributed by atoms with van der Waals surface area (Å²) in [5.41, 5.74) is 0. The molecule has 26 valence electrons. The summed E-state index contributed by atoms with van der Waals surface area (Å²) in [5.74, 6) is 0. The van der Waals surface area contributed by atoms with Gasteiger partial charge >= 0.3 is 0 Å². The number of halogens is 2. The Morgan fingerprint density at radius 1 is 2.50 bits per heavy atom. The smallest absolute Gasteiger partial charge is 0.247 e. The zero-order valence-electron chi connectivity index (χ0n) is 2.74. The fraction of sp³-hybridized carbons (Fsp3) is 1.00. The zero-order valence-corrected chi connectivity index (χ0v) is 3.90. The minimum Gasteiger partial charge on any atom is -0.356 e. The van der Waals surface area contributed by atoms with Crippen molar-refractivity contribution in [3.05, 3.63) is 0 Å². The van der Waals surface area contributed by atoms with E-state index in [2.05, 4.69) is 5.11 Å². The van der Waals surface area contributed by atoms with Crippen molar-refractivity contribution in [1.29, 1.82) is 1.43 Å². The Morgan fingerprint density at radius 2 is 2.75 bits per heavy atom. The van der Waals surface area contributed by atoms with Crippen LogP contribution in [0.5, 0.6) is 0 Å². The van der Waals surface area contributed by atoms with Crippen LogP contribution in [-0.4, -0.2) is 10.9 Å². The van der Waals surface area contributed by atoms with E-state index in [1.54, 1.807) is 0 Å². The molecule has 0 aliphatic rings. The van der Waals surface area contributed by atoms with Gasteiger partial charge in [0.05, 0.1) is 0 Å². The van der Waals surface area contributed by atoms with Gasteiger partial charge in [0, 0.05) is 0 Å². The molecule has 0 aromatic rings. The molecule has 0 aromatic heterocycles. The van der Waals surface area contributed by atoms with Crippen LogP contribution in [0.1, 0.15) is 0 Å². The first-order chi connectivity index (χ1) is 2.27. The maximum absolute atomic E-state index is 11.0. The largest absolute Gasteiger partial charge is 0.356 e. The standard InChI is InChI=1S/CH2FIO/c2-1(3)4/h1,4H/i4T. The van der Waals surface area contributed by atoms with Gasteiger partial charge < -0.3 is 5.11 Å². The van der Waals surface area contributed by atoms with E-state index >= 15 is 0 Å². The van der Waals surface area contributed by atoms with Crippen molar-refractivity contribution in [2.45, 2.75) is 4.36 Å². The monoisotopic (exact) mass is 178 g/mol. The second-order valence-corrected chi connectivity index (χ2v) is 1.24. The van der Waals surface area contributed by atoms with E-state index in [4.69, 9.17) is 1.43 Å². The molecule has 0 saturated carbocycles. The fourth-order valence-corrected chi connectivity index (χ4v) is 0. The quantitative estimate of drug-likeness (QED) is 0.462. The maximum atomic E-state index is 11.0. The lowest BCUT2D eigenvalue weighted by Gasteiger charge is -1.72. The first kappa shape index (κ1) is 2.84. The number of aliphatic hydroxyl groups is 1. The van der Waals surface area contributed by atoms with Gasteiger partial charge in [-0.05, 0) is 22.6 Å². The summed E-state index contributed by atoms with van der Waals surface area (Å²) in [4.78, 5) is 0. The second-order valence-electron chi connectivity index (χ2n) is 0.261. The van der Waals surface area contributed by atoms with Crippen molar-refractivity contribution in [2.75, 3.05) is 0 Å². The summed E-state index contributed by atoms with van der Waals surface area (Å²) in [7, 11) is 0. The number of hydrogen-bond donors (Lipinski definition) is 1. The third-order valence-corrected chi connectivity index (χ3v) is 0. The van der Waals surface area contributed by atoms with Crippen molar-refractivity contribution in [3.63, 3.8) is 0 Å². The molecular weight excluding hydrogens is 174 g/mol. The predicted molar refractivity (Wildman–Crippen MR) is 21.1 cm³/mol. The van der Waals surface area contributed by atoms with Crippen LogP contribution in [0.4, 0.5) is 4.39 Å². The summed E-state index contributed by atoms with van der Waals surface area (Å²) in [6.07, 6.45) is 0. The maximum Gasteiger partial charge on any atom is 0.247 e. The molecule has 0 spiro atoms. The van der Waals surface area contributed by atoms with Crippen molar-refractivity contribution in [1.82, 2.24) is 0 Å². The molecule has 1 unspecified atom stereocenters. The highest BCUT2D eigenvalue weighted by molar-refractivity contribution is 14.1. The Hall–Kier alpha value is 0.620. The van der Waals surface area contributed by atoms with Crippen LogP contribution >= 0.6 is 22.6 Å². The summed E-state index contributed by atoms with van der Waals surface area (Å²) < 4.78 is 15.3. The van der Waals surface area contributed by atoms with Gasteiger partial charge in [-0.2, -0.15) is 0 Å². The van der Waals surface area contributed by atoms with Gasteiger partial charge in [-0.3, -0.25) is 0 Å². The van der Waals surface area contributed by atoms with Crippen LogP contribution in [0.25, 0.3) is 0 Å². The molecule has 0 saturated heterocycles. The van der Waals surface area contributed by atoms with E-state index < -0.39 is 4.36 Å². The Morgan fingerprint density at radius 3 is 2.75 bits per heavy atom. The molecule has 1 atom stereocenters. The Balaban J connectivity index is 2.54. The Bertz CT molecular complexity index is 25.6. The molecular formula is CH2FIO. The lowest BCUT2D eigenvalue weighted by Crippen LogP contribution is -1.74. The SMILES string of the molecule is [3H]OC(F)I. The third-order valence-electron chi connectivity index (χ3n) is 0. The van der Waals surface area contributed by atoms with Crippen LogP contribution in [0.3, 0.4) is 0 Å². The van der Waals surface area contributed by atoms with Crippen LogP contribution in [0.15, 0.2) is 0 Å². The zero-order chi connectivity index (χ0) is 4.28. The van der Waals surface area contributed by atoms with Crippen LogP contribution in [0.2, 0.25) is 0 Å². The molecule has 0 aromatic carbocycles. The van der Waals surface area contributed by atoms with Gasteiger partial charge in [-0.15, -0.1) is 0 Å². The number of hydrogen-bond acceptors (Lipinski definition) is 1. The van der Waals surface area contributed by atoms with Crippen molar-refractivity contribution in [2.24, 2.45) is 0 Å². The molecule has 0 aliphatic heterocycles. The topological polar surface area (TPSA) is 20.2 Å². The van der Waals surface area contributed by atoms with Crippen molar-refractivity contribution >= 4 is 22.6 Å². The lowest BCUT2D eigenvalue weighted by atomic mass is 11.6. The van der Waals surface area contributed by atoms with Crippen LogP contribution in [-0.2, 0) is 0 Å². The second kappa shape index (κ2) is 1.90. The molecule has 1 N–H and O–H groups in total. The highest BCUT2D eigenvalue weighted by Crippen LogP contribution is 1.91. The van der Waals surface area contributed by atoms with Crippen molar-refractivity contribution in [3.8, 4) is 0 Å². The van der Waals surface area contributed by atoms with Crippen molar-refractivity contribution < 1.29 is 9.50 Å². The summed E-state index contributed by atoms with van der Waals surface area (Å²) in [6.45, 7) is 0. The van der Waals surface area contributed by atoms with E-state index in [0.29, 0.717) is 0 Å². The van der Waals surface area contributed by atoms with E-state index in [1.165, 1.54) is 22.6 Å². The highest BCUT2D eigenvalue weighted by Gasteiger charge is 1.78. The van der Waals surface area contributed by atoms with Gasteiger partial charge in [0.15, 0.2) is 0 Å². The first-order valence-corrected chi connectivity index (χ1v) is 1.92. The first-order valence-electron chi connectivity index (χ1n) is 1.08. The lowest BCUT2D eigenvalue weighted by molar-refractivity contribution is 0.146. The van der Waals surface area contributed by atoms with E-state index in [-0.39, 0.29) is 0 Å². The average molecular weight is 178 g/mol. The van der Waals surface area contributed by atoms with E-state index in [1.807, 2.05) is 0 Å². The molecule has 0 rings (SSSR count). The molecule has 1 nitrogen and oxygen atoms in total. The molecule has 0 fully saturated rings. The minimum absolute atomic E-state index is 1.33. The molecule has 0 aliphatic carbocycles. The summed E-state index contributed by atoms with van der Waals surface area (Å²) in [6, 6.07) is 0. The summed E-state index contributed by atoms with van der Waals surface area (Å²) in [5, 5.41) is 3.32. The molecule has 0 amide bonds. The van der Waals surface area contributed by atoms with Gasteiger partial charge in [-0.25, -0.2) is 4.39 Å². The summed E-state index contributed by atoms with van der Waals surface area (Å²) >= 11 is 1.33. The number of alkyl halides is 2. The van der Waals surface area contributed by atoms with Gasteiger partial charge in [0.25, 0.3) is 0 Å². The molecule has 0 radical (unpaired) electrons. The minimum atomic E-state index is -1.48. The fourth-order valence-electron chi connectivity index (χ4n) is 0. The van der Waals surface area contributed by atoms with Gasteiger partial charge in [0.2, 0.25) is 5.80 Å². The van der Waals surface area contributed by atoms with E-state index in [9.17, 15) is 4.39 Å². The Kier molecular flexibility index (Phi) is 1.34. The third kappa shape index (κ3) is 17.9. The molecule has 0 bridgehead atoms. The van der Waals surface area contributed by atoms with Crippen LogP contribution in [0, 0.1) is 0 Å².